The molecule has 0 aliphatic carbocycles. The summed E-state index contributed by atoms with van der Waals surface area (Å²) in [6.45, 7) is 8.34. The quantitative estimate of drug-likeness (QED) is 0.747. The molecule has 0 aromatic heterocycles. The van der Waals surface area contributed by atoms with Crippen LogP contribution in [0.25, 0.3) is 0 Å². The van der Waals surface area contributed by atoms with Gasteiger partial charge in [0.25, 0.3) is 5.91 Å². The average Bonchev–Trinajstić information content (AvgIpc) is 2.42. The Bertz CT molecular complexity index is 585. The molecule has 1 aliphatic heterocycles. The summed E-state index contributed by atoms with van der Waals surface area (Å²) in [6.07, 6.45) is 0. The molecular formula is C17H24ClN3O2. The maximum Gasteiger partial charge on any atom is 0.252 e. The molecule has 1 saturated heterocycles. The highest BCUT2D eigenvalue weighted by Crippen LogP contribution is 2.23. The van der Waals surface area contributed by atoms with E-state index in [2.05, 4.69) is 16.0 Å². The lowest BCUT2D eigenvalue weighted by molar-refractivity contribution is -0.121. The van der Waals surface area contributed by atoms with Crippen LogP contribution in [-0.2, 0) is 4.79 Å². The van der Waals surface area contributed by atoms with E-state index in [0.717, 1.165) is 13.1 Å². The van der Waals surface area contributed by atoms with Gasteiger partial charge in [-0.25, -0.2) is 0 Å². The zero-order valence-corrected chi connectivity index (χ0v) is 14.5. The molecule has 2 amide bonds. The number of hydrogen-bond donors (Lipinski definition) is 3. The van der Waals surface area contributed by atoms with Gasteiger partial charge in [-0.1, -0.05) is 32.4 Å². The fraction of sp³-hybridized carbons (Fsp3) is 0.529. The zero-order chi connectivity index (χ0) is 17.0. The Kier molecular flexibility index (Phi) is 6.02. The molecule has 0 spiro atoms. The number of carbonyl (C=O) groups excluding carboxylic acids is 2. The molecule has 0 saturated carbocycles. The van der Waals surface area contributed by atoms with E-state index < -0.39 is 0 Å². The van der Waals surface area contributed by atoms with Gasteiger partial charge < -0.3 is 16.0 Å². The topological polar surface area (TPSA) is 70.2 Å². The van der Waals surface area contributed by atoms with Crippen LogP contribution in [0.3, 0.4) is 0 Å². The molecule has 1 atom stereocenters. The van der Waals surface area contributed by atoms with Crippen LogP contribution in [0.2, 0.25) is 5.02 Å². The second-order valence-corrected chi connectivity index (χ2v) is 6.90. The van der Waals surface area contributed by atoms with Gasteiger partial charge in [0.15, 0.2) is 0 Å². The Hall–Kier alpha value is -1.59. The molecule has 0 bridgehead atoms. The minimum absolute atomic E-state index is 0.0235. The third kappa shape index (κ3) is 4.69. The highest BCUT2D eigenvalue weighted by atomic mass is 35.5. The number of halogens is 1. The first-order chi connectivity index (χ1) is 10.9. The second-order valence-electron chi connectivity index (χ2n) is 6.49. The van der Waals surface area contributed by atoms with Crippen molar-refractivity contribution >= 4 is 29.1 Å². The van der Waals surface area contributed by atoms with Gasteiger partial charge in [0.05, 0.1) is 10.6 Å². The van der Waals surface area contributed by atoms with Gasteiger partial charge in [-0.15, -0.1) is 0 Å². The van der Waals surface area contributed by atoms with Crippen molar-refractivity contribution in [1.82, 2.24) is 10.6 Å². The summed E-state index contributed by atoms with van der Waals surface area (Å²) in [7, 11) is 0. The SMILES string of the molecule is CC(C)CNC(=O)c1ccc(NC(=O)C(C)C2CNC2)cc1Cl. The molecule has 1 aliphatic rings. The van der Waals surface area contributed by atoms with Crippen LogP contribution >= 0.6 is 11.6 Å². The molecule has 23 heavy (non-hydrogen) atoms. The van der Waals surface area contributed by atoms with Crippen LogP contribution in [0.1, 0.15) is 31.1 Å². The zero-order valence-electron chi connectivity index (χ0n) is 13.8. The average molecular weight is 338 g/mol. The van der Waals surface area contributed by atoms with Gasteiger partial charge in [-0.05, 0) is 43.1 Å². The monoisotopic (exact) mass is 337 g/mol. The van der Waals surface area contributed by atoms with E-state index in [1.54, 1.807) is 18.2 Å². The van der Waals surface area contributed by atoms with Crippen molar-refractivity contribution in [2.24, 2.45) is 17.8 Å². The van der Waals surface area contributed by atoms with Gasteiger partial charge in [0.1, 0.15) is 0 Å². The largest absolute Gasteiger partial charge is 0.352 e. The highest BCUT2D eigenvalue weighted by Gasteiger charge is 2.28. The number of carbonyl (C=O) groups is 2. The minimum atomic E-state index is -0.199. The number of nitrogens with one attached hydrogen (secondary N) is 3. The molecule has 126 valence electrons. The number of hydrogen-bond acceptors (Lipinski definition) is 3. The van der Waals surface area contributed by atoms with Gasteiger partial charge in [-0.2, -0.15) is 0 Å². The van der Waals surface area contributed by atoms with Crippen molar-refractivity contribution in [3.05, 3.63) is 28.8 Å². The Morgan fingerprint density at radius 2 is 2.00 bits per heavy atom. The van der Waals surface area contributed by atoms with Crippen LogP contribution in [0.5, 0.6) is 0 Å². The predicted molar refractivity (Wildman–Crippen MR) is 92.8 cm³/mol. The van der Waals surface area contributed by atoms with Gasteiger partial charge in [-0.3, -0.25) is 9.59 Å². The Morgan fingerprint density at radius 1 is 1.30 bits per heavy atom. The van der Waals surface area contributed by atoms with E-state index in [4.69, 9.17) is 11.6 Å². The Morgan fingerprint density at radius 3 is 2.52 bits per heavy atom. The summed E-state index contributed by atoms with van der Waals surface area (Å²) in [5.41, 5.74) is 1.03. The smallest absolute Gasteiger partial charge is 0.252 e. The second kappa shape index (κ2) is 7.79. The van der Waals surface area contributed by atoms with Crippen molar-refractivity contribution in [1.29, 1.82) is 0 Å². The van der Waals surface area contributed by atoms with Crippen molar-refractivity contribution in [2.75, 3.05) is 25.0 Å². The third-order valence-corrected chi connectivity index (χ3v) is 4.40. The Balaban J connectivity index is 1.98. The first-order valence-corrected chi connectivity index (χ1v) is 8.35. The molecule has 6 heteroatoms. The maximum atomic E-state index is 12.2. The lowest BCUT2D eigenvalue weighted by Crippen LogP contribution is -2.48. The summed E-state index contributed by atoms with van der Waals surface area (Å²) in [5.74, 6) is 0.481. The number of rotatable bonds is 6. The van der Waals surface area contributed by atoms with Crippen LogP contribution in [0.15, 0.2) is 18.2 Å². The van der Waals surface area contributed by atoms with Crippen LogP contribution in [0.4, 0.5) is 5.69 Å². The number of benzene rings is 1. The van der Waals surface area contributed by atoms with Crippen LogP contribution in [-0.4, -0.2) is 31.4 Å². The molecule has 1 aromatic carbocycles. The molecule has 1 aromatic rings. The number of anilines is 1. The predicted octanol–water partition coefficient (Wildman–Crippen LogP) is 2.52. The molecule has 1 fully saturated rings. The van der Waals surface area contributed by atoms with Crippen molar-refractivity contribution in [3.63, 3.8) is 0 Å². The van der Waals surface area contributed by atoms with Crippen molar-refractivity contribution in [2.45, 2.75) is 20.8 Å². The fourth-order valence-electron chi connectivity index (χ4n) is 2.30. The number of amides is 2. The summed E-state index contributed by atoms with van der Waals surface area (Å²) >= 11 is 6.18. The van der Waals surface area contributed by atoms with Crippen molar-refractivity contribution in [3.8, 4) is 0 Å². The summed E-state index contributed by atoms with van der Waals surface area (Å²) < 4.78 is 0. The normalized spacial score (nSPS) is 15.9. The first-order valence-electron chi connectivity index (χ1n) is 7.97. The summed E-state index contributed by atoms with van der Waals surface area (Å²) in [6, 6.07) is 4.97. The van der Waals surface area contributed by atoms with Crippen LogP contribution in [0, 0.1) is 17.8 Å². The molecule has 3 N–H and O–H groups in total. The standard InChI is InChI=1S/C17H24ClN3O2/c1-10(2)7-20-17(23)14-5-4-13(6-15(14)18)21-16(22)11(3)12-8-19-9-12/h4-6,10-12,19H,7-9H2,1-3H3,(H,20,23)(H,21,22). The Labute approximate surface area is 142 Å². The van der Waals surface area contributed by atoms with Crippen LogP contribution < -0.4 is 16.0 Å². The lowest BCUT2D eigenvalue weighted by atomic mass is 9.88. The fourth-order valence-corrected chi connectivity index (χ4v) is 2.57. The van der Waals surface area contributed by atoms with E-state index >= 15 is 0 Å². The van der Waals surface area contributed by atoms with E-state index in [-0.39, 0.29) is 17.7 Å². The summed E-state index contributed by atoms with van der Waals surface area (Å²) in [5, 5.41) is 9.19. The highest BCUT2D eigenvalue weighted by molar-refractivity contribution is 6.34. The van der Waals surface area contributed by atoms with Gasteiger partial charge >= 0.3 is 0 Å². The van der Waals surface area contributed by atoms with E-state index in [1.807, 2.05) is 20.8 Å². The van der Waals surface area contributed by atoms with Crippen molar-refractivity contribution < 1.29 is 9.59 Å². The van der Waals surface area contributed by atoms with E-state index in [9.17, 15) is 9.59 Å². The molecule has 1 heterocycles. The summed E-state index contributed by atoms with van der Waals surface area (Å²) in [4.78, 5) is 24.3. The first kappa shape index (κ1) is 17.8. The third-order valence-electron chi connectivity index (χ3n) is 4.09. The lowest BCUT2D eigenvalue weighted by Gasteiger charge is -2.31. The molecule has 2 rings (SSSR count). The molecule has 0 radical (unpaired) electrons. The maximum absolute atomic E-state index is 12.2. The van der Waals surface area contributed by atoms with E-state index in [0.29, 0.717) is 34.7 Å². The van der Waals surface area contributed by atoms with E-state index in [1.165, 1.54) is 0 Å². The van der Waals surface area contributed by atoms with Gasteiger partial charge in [0.2, 0.25) is 5.91 Å². The molecule has 5 nitrogen and oxygen atoms in total. The van der Waals surface area contributed by atoms with Gasteiger partial charge in [0, 0.05) is 18.2 Å². The minimum Gasteiger partial charge on any atom is -0.352 e. The molecule has 1 unspecified atom stereocenters. The molecular weight excluding hydrogens is 314 g/mol.